The Morgan fingerprint density at radius 2 is 2.25 bits per heavy atom. The Kier molecular flexibility index (Phi) is 3.17. The highest BCUT2D eigenvalue weighted by Crippen LogP contribution is 2.15. The monoisotopic (exact) mass is 253 g/mol. The second-order valence-corrected chi connectivity index (χ2v) is 4.28. The fourth-order valence-electron chi connectivity index (χ4n) is 1.18. The first kappa shape index (κ1) is 11.0. The molecule has 2 aromatic rings. The lowest BCUT2D eigenvalue weighted by Gasteiger charge is -2.03. The summed E-state index contributed by atoms with van der Waals surface area (Å²) in [7, 11) is 0. The van der Waals surface area contributed by atoms with Crippen molar-refractivity contribution in [2.24, 2.45) is 0 Å². The van der Waals surface area contributed by atoms with E-state index in [-0.39, 0.29) is 11.1 Å². The minimum Gasteiger partial charge on any atom is -0.305 e. The molecule has 0 radical (unpaired) electrons. The second-order valence-electron chi connectivity index (χ2n) is 3.15. The molecular formula is C10H8ClN3OS. The van der Waals surface area contributed by atoms with Crippen LogP contribution in [0.15, 0.2) is 23.2 Å². The minimum absolute atomic E-state index is 0.199. The number of carbonyl (C=O) groups is 1. The van der Waals surface area contributed by atoms with Crippen molar-refractivity contribution in [3.05, 3.63) is 39.4 Å². The predicted molar refractivity (Wildman–Crippen MR) is 64.1 cm³/mol. The molecular weight excluding hydrogens is 246 g/mol. The van der Waals surface area contributed by atoms with Crippen LogP contribution in [0.3, 0.4) is 0 Å². The van der Waals surface area contributed by atoms with Crippen molar-refractivity contribution in [1.82, 2.24) is 9.97 Å². The maximum Gasteiger partial charge on any atom is 0.257 e. The number of thiophene rings is 1. The number of amides is 1. The van der Waals surface area contributed by atoms with Crippen molar-refractivity contribution >= 4 is 34.7 Å². The van der Waals surface area contributed by atoms with Crippen LogP contribution in [0, 0.1) is 6.92 Å². The van der Waals surface area contributed by atoms with Gasteiger partial charge in [-0.25, -0.2) is 4.98 Å². The largest absolute Gasteiger partial charge is 0.305 e. The first-order chi connectivity index (χ1) is 7.66. The quantitative estimate of drug-likeness (QED) is 0.895. The summed E-state index contributed by atoms with van der Waals surface area (Å²) in [5.41, 5.74) is 1.59. The molecule has 0 aliphatic carbocycles. The van der Waals surface area contributed by atoms with E-state index in [0.29, 0.717) is 11.4 Å². The first-order valence-electron chi connectivity index (χ1n) is 4.48. The van der Waals surface area contributed by atoms with Gasteiger partial charge in [0.25, 0.3) is 5.91 Å². The maximum absolute atomic E-state index is 11.8. The Bertz CT molecular complexity index is 526. The number of anilines is 1. The van der Waals surface area contributed by atoms with Crippen molar-refractivity contribution in [3.8, 4) is 0 Å². The summed E-state index contributed by atoms with van der Waals surface area (Å²) in [6, 6.07) is 0. The topological polar surface area (TPSA) is 54.9 Å². The second kappa shape index (κ2) is 4.59. The molecule has 2 heterocycles. The molecule has 0 aliphatic rings. The Hall–Kier alpha value is -1.46. The van der Waals surface area contributed by atoms with Crippen molar-refractivity contribution in [1.29, 1.82) is 0 Å². The molecule has 0 fully saturated rings. The van der Waals surface area contributed by atoms with Crippen molar-refractivity contribution in [2.75, 3.05) is 5.32 Å². The van der Waals surface area contributed by atoms with Gasteiger partial charge < -0.3 is 5.32 Å². The highest BCUT2D eigenvalue weighted by Gasteiger charge is 2.10. The Labute approximate surface area is 101 Å². The number of nitrogens with zero attached hydrogens (tertiary/aromatic N) is 2. The molecule has 6 heteroatoms. The van der Waals surface area contributed by atoms with Crippen LogP contribution >= 0.6 is 22.9 Å². The number of carbonyl (C=O) groups excluding carboxylic acids is 1. The zero-order valence-corrected chi connectivity index (χ0v) is 9.97. The van der Waals surface area contributed by atoms with Crippen LogP contribution in [0.2, 0.25) is 5.15 Å². The van der Waals surface area contributed by atoms with E-state index < -0.39 is 0 Å². The summed E-state index contributed by atoms with van der Waals surface area (Å²) < 4.78 is 0. The standard InChI is InChI=1S/C10H8ClN3OS/c1-6-4-16-5-7(6)10(15)14-9-3-12-2-8(11)13-9/h2-5H,1H3,(H,13,14,15). The molecule has 0 bridgehead atoms. The zero-order chi connectivity index (χ0) is 11.5. The molecule has 0 aromatic carbocycles. The average Bonchev–Trinajstić information content (AvgIpc) is 2.64. The molecule has 0 unspecified atom stereocenters. The fraction of sp³-hybridized carbons (Fsp3) is 0.100. The van der Waals surface area contributed by atoms with Crippen molar-refractivity contribution < 1.29 is 4.79 Å². The lowest BCUT2D eigenvalue weighted by molar-refractivity contribution is 0.102. The third-order valence-corrected chi connectivity index (χ3v) is 2.99. The average molecular weight is 254 g/mol. The number of aryl methyl sites for hydroxylation is 1. The molecule has 16 heavy (non-hydrogen) atoms. The van der Waals surface area contributed by atoms with Gasteiger partial charge in [0.05, 0.1) is 18.0 Å². The van der Waals surface area contributed by atoms with E-state index in [4.69, 9.17) is 11.6 Å². The predicted octanol–water partition coefficient (Wildman–Crippen LogP) is 2.75. The highest BCUT2D eigenvalue weighted by atomic mass is 35.5. The minimum atomic E-state index is -0.199. The molecule has 2 rings (SSSR count). The van der Waals surface area contributed by atoms with Crippen LogP contribution in [0.4, 0.5) is 5.82 Å². The summed E-state index contributed by atoms with van der Waals surface area (Å²) in [4.78, 5) is 19.6. The Morgan fingerprint density at radius 1 is 1.44 bits per heavy atom. The fourth-order valence-corrected chi connectivity index (χ4v) is 2.15. The normalized spacial score (nSPS) is 10.1. The molecule has 82 valence electrons. The summed E-state index contributed by atoms with van der Waals surface area (Å²) in [6.07, 6.45) is 2.86. The smallest absolute Gasteiger partial charge is 0.257 e. The van der Waals surface area contributed by atoms with Crippen LogP contribution in [-0.2, 0) is 0 Å². The SMILES string of the molecule is Cc1cscc1C(=O)Nc1cncc(Cl)n1. The van der Waals surface area contributed by atoms with E-state index in [2.05, 4.69) is 15.3 Å². The van der Waals surface area contributed by atoms with Gasteiger partial charge in [-0.1, -0.05) is 11.6 Å². The van der Waals surface area contributed by atoms with Gasteiger partial charge in [0.15, 0.2) is 5.82 Å². The van der Waals surface area contributed by atoms with Gasteiger partial charge in [-0.05, 0) is 17.9 Å². The molecule has 1 amide bonds. The molecule has 0 saturated carbocycles. The molecule has 4 nitrogen and oxygen atoms in total. The number of hydrogen-bond donors (Lipinski definition) is 1. The third-order valence-electron chi connectivity index (χ3n) is 1.95. The van der Waals surface area contributed by atoms with Crippen LogP contribution in [0.1, 0.15) is 15.9 Å². The van der Waals surface area contributed by atoms with E-state index in [1.165, 1.54) is 23.7 Å². The van der Waals surface area contributed by atoms with Crippen LogP contribution in [-0.4, -0.2) is 15.9 Å². The van der Waals surface area contributed by atoms with Gasteiger partial charge in [0, 0.05) is 5.38 Å². The summed E-state index contributed by atoms with van der Waals surface area (Å²) in [5.74, 6) is 0.151. The van der Waals surface area contributed by atoms with E-state index in [0.717, 1.165) is 5.56 Å². The molecule has 0 aliphatic heterocycles. The lowest BCUT2D eigenvalue weighted by Crippen LogP contribution is -2.13. The zero-order valence-electron chi connectivity index (χ0n) is 8.40. The van der Waals surface area contributed by atoms with Crippen molar-refractivity contribution in [2.45, 2.75) is 6.92 Å². The number of nitrogens with one attached hydrogen (secondary N) is 1. The van der Waals surface area contributed by atoms with E-state index in [1.807, 2.05) is 12.3 Å². The third kappa shape index (κ3) is 2.37. The Balaban J connectivity index is 2.17. The maximum atomic E-state index is 11.8. The van der Waals surface area contributed by atoms with Crippen LogP contribution < -0.4 is 5.32 Å². The lowest BCUT2D eigenvalue weighted by atomic mass is 10.2. The summed E-state index contributed by atoms with van der Waals surface area (Å²) in [6.45, 7) is 1.88. The highest BCUT2D eigenvalue weighted by molar-refractivity contribution is 7.08. The number of halogens is 1. The van der Waals surface area contributed by atoms with Gasteiger partial charge in [-0.3, -0.25) is 9.78 Å². The van der Waals surface area contributed by atoms with E-state index in [9.17, 15) is 4.79 Å². The Morgan fingerprint density at radius 3 is 2.88 bits per heavy atom. The van der Waals surface area contributed by atoms with E-state index in [1.54, 1.807) is 5.38 Å². The van der Waals surface area contributed by atoms with Gasteiger partial charge in [-0.15, -0.1) is 0 Å². The van der Waals surface area contributed by atoms with Crippen LogP contribution in [0.25, 0.3) is 0 Å². The van der Waals surface area contributed by atoms with Crippen LogP contribution in [0.5, 0.6) is 0 Å². The van der Waals surface area contributed by atoms with Gasteiger partial charge in [0.1, 0.15) is 5.15 Å². The van der Waals surface area contributed by atoms with Crippen molar-refractivity contribution in [3.63, 3.8) is 0 Å². The number of rotatable bonds is 2. The van der Waals surface area contributed by atoms with E-state index >= 15 is 0 Å². The first-order valence-corrected chi connectivity index (χ1v) is 5.80. The molecule has 0 saturated heterocycles. The summed E-state index contributed by atoms with van der Waals surface area (Å²) >= 11 is 7.15. The molecule has 2 aromatic heterocycles. The molecule has 0 spiro atoms. The van der Waals surface area contributed by atoms with Gasteiger partial charge in [-0.2, -0.15) is 11.3 Å². The molecule has 0 atom stereocenters. The van der Waals surface area contributed by atoms with Gasteiger partial charge in [0.2, 0.25) is 0 Å². The molecule has 1 N–H and O–H groups in total. The summed E-state index contributed by atoms with van der Waals surface area (Å²) in [5, 5.41) is 6.60. The number of hydrogen-bond acceptors (Lipinski definition) is 4. The number of aromatic nitrogens is 2. The van der Waals surface area contributed by atoms with Gasteiger partial charge >= 0.3 is 0 Å².